The van der Waals surface area contributed by atoms with Crippen molar-refractivity contribution in [2.24, 2.45) is 0 Å². The van der Waals surface area contributed by atoms with Gasteiger partial charge in [-0.25, -0.2) is 13.6 Å². The summed E-state index contributed by atoms with van der Waals surface area (Å²) in [5, 5.41) is 5.79. The zero-order valence-electron chi connectivity index (χ0n) is 19.8. The first-order valence-electron chi connectivity index (χ1n) is 11.8. The van der Waals surface area contributed by atoms with Crippen molar-refractivity contribution in [3.05, 3.63) is 106 Å². The second-order valence-corrected chi connectivity index (χ2v) is 9.34. The Bertz CT molecular complexity index is 1220. The van der Waals surface area contributed by atoms with Gasteiger partial charge < -0.3 is 10.6 Å². The maximum Gasteiger partial charge on any atom is 0.416 e. The van der Waals surface area contributed by atoms with Crippen molar-refractivity contribution in [1.29, 1.82) is 0 Å². The van der Waals surface area contributed by atoms with Crippen LogP contribution in [0.4, 0.5) is 26.7 Å². The molecule has 0 heterocycles. The Balaban J connectivity index is 1.92. The SMILES string of the molecule is Cc1cc(C(Cc2ccccc2)(NC(=O)NC2CCCC2)c2cc(F)cc(C(F)(F)F)c2)ccc1F. The van der Waals surface area contributed by atoms with Gasteiger partial charge in [-0.05, 0) is 66.3 Å². The fourth-order valence-corrected chi connectivity index (χ4v) is 4.86. The minimum Gasteiger partial charge on any atom is -0.335 e. The first-order chi connectivity index (χ1) is 17.1. The van der Waals surface area contributed by atoms with Crippen LogP contribution in [0, 0.1) is 18.6 Å². The number of hydrogen-bond donors (Lipinski definition) is 2. The van der Waals surface area contributed by atoms with E-state index in [2.05, 4.69) is 10.6 Å². The second-order valence-electron chi connectivity index (χ2n) is 9.34. The van der Waals surface area contributed by atoms with Gasteiger partial charge in [0.15, 0.2) is 0 Å². The van der Waals surface area contributed by atoms with Crippen molar-refractivity contribution in [3.8, 4) is 0 Å². The van der Waals surface area contributed by atoms with Crippen LogP contribution < -0.4 is 10.6 Å². The summed E-state index contributed by atoms with van der Waals surface area (Å²) in [6.07, 6.45) is -1.26. The zero-order chi connectivity index (χ0) is 25.9. The minimum atomic E-state index is -4.81. The lowest BCUT2D eigenvalue weighted by Crippen LogP contribution is -2.53. The number of nitrogens with one attached hydrogen (secondary N) is 2. The highest BCUT2D eigenvalue weighted by Gasteiger charge is 2.40. The fourth-order valence-electron chi connectivity index (χ4n) is 4.86. The van der Waals surface area contributed by atoms with E-state index in [4.69, 9.17) is 0 Å². The van der Waals surface area contributed by atoms with E-state index in [1.807, 2.05) is 0 Å². The van der Waals surface area contributed by atoms with E-state index in [0.29, 0.717) is 17.2 Å². The first kappa shape index (κ1) is 25.7. The molecule has 3 aromatic carbocycles. The minimum absolute atomic E-state index is 0.0117. The number of amides is 2. The van der Waals surface area contributed by atoms with Crippen molar-refractivity contribution in [3.63, 3.8) is 0 Å². The average molecular weight is 503 g/mol. The molecule has 0 radical (unpaired) electrons. The van der Waals surface area contributed by atoms with Gasteiger partial charge in [0.2, 0.25) is 0 Å². The molecule has 0 bridgehead atoms. The molecule has 2 amide bonds. The highest BCUT2D eigenvalue weighted by atomic mass is 19.4. The van der Waals surface area contributed by atoms with Crippen LogP contribution in [0.15, 0.2) is 66.7 Å². The van der Waals surface area contributed by atoms with Crippen LogP contribution in [-0.2, 0) is 18.1 Å². The summed E-state index contributed by atoms with van der Waals surface area (Å²) in [5.74, 6) is -1.59. The molecule has 0 saturated heterocycles. The standard InChI is InChI=1S/C28H27F5N2O/c1-18-13-20(11-12-25(18)30)27(17-19-7-3-2-4-8-19,35-26(36)34-24-9-5-6-10-24)21-14-22(28(31,32)33)16-23(29)15-21/h2-4,7-8,11-16,24H,5-6,9-10,17H2,1H3,(H2,34,35,36). The van der Waals surface area contributed by atoms with Gasteiger partial charge in [-0.2, -0.15) is 13.2 Å². The molecule has 0 spiro atoms. The Morgan fingerprint density at radius 2 is 1.56 bits per heavy atom. The van der Waals surface area contributed by atoms with Gasteiger partial charge in [0.1, 0.15) is 11.6 Å². The molecule has 1 atom stereocenters. The Morgan fingerprint density at radius 1 is 0.889 bits per heavy atom. The van der Waals surface area contributed by atoms with Gasteiger partial charge in [0.05, 0.1) is 11.1 Å². The first-order valence-corrected chi connectivity index (χ1v) is 11.8. The van der Waals surface area contributed by atoms with Gasteiger partial charge in [-0.1, -0.05) is 55.3 Å². The van der Waals surface area contributed by atoms with E-state index in [-0.39, 0.29) is 23.6 Å². The molecule has 1 unspecified atom stereocenters. The Kier molecular flexibility index (Phi) is 7.33. The van der Waals surface area contributed by atoms with E-state index in [0.717, 1.165) is 37.8 Å². The molecule has 3 nitrogen and oxygen atoms in total. The van der Waals surface area contributed by atoms with E-state index < -0.39 is 34.9 Å². The number of rotatable bonds is 6. The topological polar surface area (TPSA) is 41.1 Å². The zero-order valence-corrected chi connectivity index (χ0v) is 19.8. The van der Waals surface area contributed by atoms with Crippen molar-refractivity contribution in [2.75, 3.05) is 0 Å². The summed E-state index contributed by atoms with van der Waals surface area (Å²) < 4.78 is 70.0. The molecule has 1 aliphatic carbocycles. The maximum absolute atomic E-state index is 14.7. The van der Waals surface area contributed by atoms with Crippen LogP contribution in [-0.4, -0.2) is 12.1 Å². The smallest absolute Gasteiger partial charge is 0.335 e. The number of aryl methyl sites for hydroxylation is 1. The Hall–Kier alpha value is -3.42. The van der Waals surface area contributed by atoms with E-state index in [1.165, 1.54) is 25.1 Å². The molecule has 1 saturated carbocycles. The molecule has 190 valence electrons. The molecule has 2 N–H and O–H groups in total. The molecular weight excluding hydrogens is 475 g/mol. The number of alkyl halides is 3. The lowest BCUT2D eigenvalue weighted by Gasteiger charge is -2.37. The predicted octanol–water partition coefficient (Wildman–Crippen LogP) is 7.02. The van der Waals surface area contributed by atoms with Crippen LogP contribution in [0.25, 0.3) is 0 Å². The number of hydrogen-bond acceptors (Lipinski definition) is 1. The van der Waals surface area contributed by atoms with Gasteiger partial charge in [-0.15, -0.1) is 0 Å². The number of benzene rings is 3. The number of halogens is 5. The molecule has 1 fully saturated rings. The van der Waals surface area contributed by atoms with Gasteiger partial charge >= 0.3 is 12.2 Å². The summed E-state index contributed by atoms with van der Waals surface area (Å²) in [6, 6.07) is 14.6. The largest absolute Gasteiger partial charge is 0.416 e. The summed E-state index contributed by atoms with van der Waals surface area (Å²) in [4.78, 5) is 13.3. The second kappa shape index (κ2) is 10.3. The summed E-state index contributed by atoms with van der Waals surface area (Å²) in [5.41, 5.74) is -1.61. The van der Waals surface area contributed by atoms with E-state index in [9.17, 15) is 26.7 Å². The summed E-state index contributed by atoms with van der Waals surface area (Å²) >= 11 is 0. The predicted molar refractivity (Wildman–Crippen MR) is 127 cm³/mol. The third-order valence-corrected chi connectivity index (χ3v) is 6.70. The monoisotopic (exact) mass is 502 g/mol. The molecule has 0 aliphatic heterocycles. The molecule has 3 aromatic rings. The normalized spacial score (nSPS) is 15.9. The van der Waals surface area contributed by atoms with E-state index in [1.54, 1.807) is 30.3 Å². The third kappa shape index (κ3) is 5.69. The van der Waals surface area contributed by atoms with Crippen LogP contribution >= 0.6 is 0 Å². The van der Waals surface area contributed by atoms with Crippen LogP contribution in [0.3, 0.4) is 0 Å². The molecule has 36 heavy (non-hydrogen) atoms. The van der Waals surface area contributed by atoms with Gasteiger partial charge in [-0.3, -0.25) is 0 Å². The van der Waals surface area contributed by atoms with Crippen molar-refractivity contribution in [2.45, 2.75) is 56.8 Å². The molecule has 8 heteroatoms. The van der Waals surface area contributed by atoms with E-state index >= 15 is 0 Å². The van der Waals surface area contributed by atoms with Crippen LogP contribution in [0.5, 0.6) is 0 Å². The molecule has 4 rings (SSSR count). The lowest BCUT2D eigenvalue weighted by molar-refractivity contribution is -0.137. The number of carbonyl (C=O) groups excluding carboxylic acids is 1. The van der Waals surface area contributed by atoms with Crippen molar-refractivity contribution in [1.82, 2.24) is 10.6 Å². The van der Waals surface area contributed by atoms with Crippen LogP contribution in [0.1, 0.15) is 53.5 Å². The quantitative estimate of drug-likeness (QED) is 0.350. The van der Waals surface area contributed by atoms with Crippen molar-refractivity contribution < 1.29 is 26.7 Å². The summed E-state index contributed by atoms with van der Waals surface area (Å²) in [6.45, 7) is 1.53. The highest BCUT2D eigenvalue weighted by Crippen LogP contribution is 2.39. The molecule has 1 aliphatic rings. The Labute approximate surface area is 206 Å². The average Bonchev–Trinajstić information content (AvgIpc) is 3.33. The Morgan fingerprint density at radius 3 is 2.19 bits per heavy atom. The van der Waals surface area contributed by atoms with Gasteiger partial charge in [0, 0.05) is 12.5 Å². The van der Waals surface area contributed by atoms with Crippen molar-refractivity contribution >= 4 is 6.03 Å². The fraction of sp³-hybridized carbons (Fsp3) is 0.321. The van der Waals surface area contributed by atoms with Gasteiger partial charge in [0.25, 0.3) is 0 Å². The lowest BCUT2D eigenvalue weighted by atomic mass is 9.77. The number of urea groups is 1. The maximum atomic E-state index is 14.7. The number of carbonyl (C=O) groups is 1. The highest BCUT2D eigenvalue weighted by molar-refractivity contribution is 5.76. The summed E-state index contributed by atoms with van der Waals surface area (Å²) in [7, 11) is 0. The molecular formula is C28H27F5N2O. The third-order valence-electron chi connectivity index (χ3n) is 6.70. The molecule has 0 aromatic heterocycles. The van der Waals surface area contributed by atoms with Crippen LogP contribution in [0.2, 0.25) is 0 Å².